The Hall–Kier alpha value is -1.27. The van der Waals surface area contributed by atoms with E-state index in [9.17, 15) is 23.1 Å². The highest BCUT2D eigenvalue weighted by atomic mass is 35.5. The normalized spacial score (nSPS) is 24.7. The standard InChI is InChI=1S/C14H14ClF3O3/c1-12(2)6-13(20,14(16,17)18)11(19)7-4-9(15)10(21-3)5-8(7)12/h4-5,20H,6H2,1-3H3. The second kappa shape index (κ2) is 4.61. The van der Waals surface area contributed by atoms with Gasteiger partial charge in [-0.2, -0.15) is 13.2 Å². The van der Waals surface area contributed by atoms with Gasteiger partial charge in [0.1, 0.15) is 5.75 Å². The summed E-state index contributed by atoms with van der Waals surface area (Å²) in [7, 11) is 1.37. The summed E-state index contributed by atoms with van der Waals surface area (Å²) in [5, 5.41) is 9.95. The molecule has 0 heterocycles. The second-order valence-corrected chi connectivity index (χ2v) is 6.19. The van der Waals surface area contributed by atoms with Crippen LogP contribution in [0.3, 0.4) is 0 Å². The lowest BCUT2D eigenvalue weighted by atomic mass is 9.65. The van der Waals surface area contributed by atoms with Crippen molar-refractivity contribution in [1.82, 2.24) is 0 Å². The molecule has 0 aliphatic heterocycles. The molecule has 0 amide bonds. The molecule has 0 bridgehead atoms. The summed E-state index contributed by atoms with van der Waals surface area (Å²) >= 11 is 5.89. The summed E-state index contributed by atoms with van der Waals surface area (Å²) < 4.78 is 44.4. The average Bonchev–Trinajstić information content (AvgIpc) is 2.33. The third-order valence-corrected chi connectivity index (χ3v) is 4.10. The minimum Gasteiger partial charge on any atom is -0.495 e. The fraction of sp³-hybridized carbons (Fsp3) is 0.500. The van der Waals surface area contributed by atoms with Gasteiger partial charge in [0.05, 0.1) is 12.1 Å². The molecule has 21 heavy (non-hydrogen) atoms. The summed E-state index contributed by atoms with van der Waals surface area (Å²) in [5.74, 6) is -1.11. The molecule has 0 spiro atoms. The number of alkyl halides is 3. The number of ether oxygens (including phenoxy) is 1. The maximum atomic E-state index is 13.1. The summed E-state index contributed by atoms with van der Waals surface area (Å²) in [6.07, 6.45) is -5.80. The van der Waals surface area contributed by atoms with Crippen LogP contribution in [0.4, 0.5) is 13.2 Å². The Balaban J connectivity index is 2.72. The van der Waals surface area contributed by atoms with E-state index in [4.69, 9.17) is 16.3 Å². The first-order valence-electron chi connectivity index (χ1n) is 6.16. The zero-order valence-electron chi connectivity index (χ0n) is 11.6. The quantitative estimate of drug-likeness (QED) is 0.860. The Morgan fingerprint density at radius 1 is 1.33 bits per heavy atom. The Bertz CT molecular complexity index is 610. The molecule has 2 rings (SSSR count). The summed E-state index contributed by atoms with van der Waals surface area (Å²) in [5.41, 5.74) is -4.31. The van der Waals surface area contributed by atoms with Crippen LogP contribution in [0.25, 0.3) is 0 Å². The molecule has 1 aromatic rings. The number of hydrogen-bond donors (Lipinski definition) is 1. The fourth-order valence-corrected chi connectivity index (χ4v) is 2.97. The largest absolute Gasteiger partial charge is 0.495 e. The van der Waals surface area contributed by atoms with Gasteiger partial charge in [-0.15, -0.1) is 0 Å². The highest BCUT2D eigenvalue weighted by Crippen LogP contribution is 2.49. The maximum absolute atomic E-state index is 13.1. The monoisotopic (exact) mass is 322 g/mol. The van der Waals surface area contributed by atoms with Crippen molar-refractivity contribution in [2.75, 3.05) is 7.11 Å². The molecule has 116 valence electrons. The number of methoxy groups -OCH3 is 1. The zero-order valence-corrected chi connectivity index (χ0v) is 12.4. The molecule has 1 unspecified atom stereocenters. The highest BCUT2D eigenvalue weighted by Gasteiger charge is 2.64. The van der Waals surface area contributed by atoms with Crippen molar-refractivity contribution in [3.05, 3.63) is 28.3 Å². The number of halogens is 4. The number of ketones is 1. The van der Waals surface area contributed by atoms with Crippen molar-refractivity contribution in [1.29, 1.82) is 0 Å². The Morgan fingerprint density at radius 3 is 2.38 bits per heavy atom. The number of Topliss-reactive ketones (excluding diaryl/α,β-unsaturated/α-hetero) is 1. The van der Waals surface area contributed by atoms with Crippen molar-refractivity contribution in [2.24, 2.45) is 0 Å². The molecule has 0 saturated heterocycles. The van der Waals surface area contributed by atoms with Gasteiger partial charge >= 0.3 is 6.18 Å². The zero-order chi connectivity index (χ0) is 16.2. The van der Waals surface area contributed by atoms with Gasteiger partial charge in [-0.1, -0.05) is 25.4 Å². The van der Waals surface area contributed by atoms with E-state index in [1.165, 1.54) is 27.0 Å². The predicted octanol–water partition coefficient (Wildman–Crippen LogP) is 3.51. The van der Waals surface area contributed by atoms with Crippen LogP contribution in [0.5, 0.6) is 5.75 Å². The van der Waals surface area contributed by atoms with Gasteiger partial charge < -0.3 is 9.84 Å². The lowest BCUT2D eigenvalue weighted by molar-refractivity contribution is -0.244. The molecule has 1 atom stereocenters. The van der Waals surface area contributed by atoms with E-state index in [1.54, 1.807) is 0 Å². The third kappa shape index (κ3) is 2.30. The topological polar surface area (TPSA) is 46.5 Å². The molecule has 1 N–H and O–H groups in total. The molecule has 7 heteroatoms. The number of carbonyl (C=O) groups excluding carboxylic acids is 1. The van der Waals surface area contributed by atoms with Gasteiger partial charge in [-0.3, -0.25) is 4.79 Å². The Labute approximate surface area is 124 Å². The molecule has 0 radical (unpaired) electrons. The molecule has 0 saturated carbocycles. The number of benzene rings is 1. The van der Waals surface area contributed by atoms with E-state index in [0.29, 0.717) is 5.56 Å². The van der Waals surface area contributed by atoms with Crippen LogP contribution in [0.15, 0.2) is 12.1 Å². The summed E-state index contributed by atoms with van der Waals surface area (Å²) in [6.45, 7) is 3.06. The van der Waals surface area contributed by atoms with Crippen molar-refractivity contribution in [2.45, 2.75) is 37.5 Å². The fourth-order valence-electron chi connectivity index (χ4n) is 2.72. The SMILES string of the molecule is COc1cc2c(cc1Cl)C(=O)C(O)(C(F)(F)F)CC2(C)C. The van der Waals surface area contributed by atoms with Crippen molar-refractivity contribution in [3.63, 3.8) is 0 Å². The lowest BCUT2D eigenvalue weighted by Crippen LogP contribution is -2.58. The van der Waals surface area contributed by atoms with E-state index in [2.05, 4.69) is 0 Å². The van der Waals surface area contributed by atoms with Crippen LogP contribution in [0.1, 0.15) is 36.2 Å². The molecule has 3 nitrogen and oxygen atoms in total. The van der Waals surface area contributed by atoms with Gasteiger partial charge in [0.2, 0.25) is 11.4 Å². The first kappa shape index (κ1) is 16.1. The second-order valence-electron chi connectivity index (χ2n) is 5.78. The lowest BCUT2D eigenvalue weighted by Gasteiger charge is -2.42. The third-order valence-electron chi connectivity index (χ3n) is 3.81. The maximum Gasteiger partial charge on any atom is 0.424 e. The highest BCUT2D eigenvalue weighted by molar-refractivity contribution is 6.32. The molecule has 0 aromatic heterocycles. The van der Waals surface area contributed by atoms with Crippen molar-refractivity contribution < 1.29 is 27.8 Å². The van der Waals surface area contributed by atoms with Crippen LogP contribution in [0.2, 0.25) is 5.02 Å². The number of fused-ring (bicyclic) bond motifs is 1. The van der Waals surface area contributed by atoms with Crippen LogP contribution in [-0.2, 0) is 5.41 Å². The van der Waals surface area contributed by atoms with Crippen LogP contribution in [-0.4, -0.2) is 29.8 Å². The molecular weight excluding hydrogens is 309 g/mol. The van der Waals surface area contributed by atoms with E-state index in [1.807, 2.05) is 0 Å². The van der Waals surface area contributed by atoms with Crippen LogP contribution < -0.4 is 4.74 Å². The smallest absolute Gasteiger partial charge is 0.424 e. The van der Waals surface area contributed by atoms with E-state index in [0.717, 1.165) is 6.07 Å². The molecule has 0 fully saturated rings. The molecule has 1 aliphatic rings. The number of carbonyl (C=O) groups is 1. The Morgan fingerprint density at radius 2 is 1.90 bits per heavy atom. The van der Waals surface area contributed by atoms with Gasteiger partial charge in [-0.05, 0) is 23.1 Å². The number of rotatable bonds is 1. The Kier molecular flexibility index (Phi) is 3.54. The first-order valence-corrected chi connectivity index (χ1v) is 6.54. The van der Waals surface area contributed by atoms with Gasteiger partial charge in [-0.25, -0.2) is 0 Å². The van der Waals surface area contributed by atoms with E-state index >= 15 is 0 Å². The minimum absolute atomic E-state index is 0.0202. The number of hydrogen-bond acceptors (Lipinski definition) is 3. The predicted molar refractivity (Wildman–Crippen MR) is 71.0 cm³/mol. The van der Waals surface area contributed by atoms with Gasteiger partial charge in [0, 0.05) is 12.0 Å². The van der Waals surface area contributed by atoms with Crippen LogP contribution in [0, 0.1) is 0 Å². The minimum atomic E-state index is -5.05. The molecule has 1 aromatic carbocycles. The van der Waals surface area contributed by atoms with E-state index < -0.39 is 29.4 Å². The van der Waals surface area contributed by atoms with Gasteiger partial charge in [0.25, 0.3) is 0 Å². The van der Waals surface area contributed by atoms with E-state index in [-0.39, 0.29) is 16.3 Å². The summed E-state index contributed by atoms with van der Waals surface area (Å²) in [4.78, 5) is 12.2. The van der Waals surface area contributed by atoms with Gasteiger partial charge in [0.15, 0.2) is 0 Å². The first-order chi connectivity index (χ1) is 9.44. The number of aliphatic hydroxyl groups is 1. The average molecular weight is 323 g/mol. The van der Waals surface area contributed by atoms with Crippen molar-refractivity contribution >= 4 is 17.4 Å². The molecule has 1 aliphatic carbocycles. The molecular formula is C14H14ClF3O3. The van der Waals surface area contributed by atoms with Crippen molar-refractivity contribution in [3.8, 4) is 5.75 Å². The summed E-state index contributed by atoms with van der Waals surface area (Å²) in [6, 6.07) is 2.57. The van der Waals surface area contributed by atoms with Crippen LogP contribution >= 0.6 is 11.6 Å².